The first-order valence-corrected chi connectivity index (χ1v) is 15.6. The molecular formula is C36H56O4. The monoisotopic (exact) mass is 552 g/mol. The minimum absolute atomic E-state index is 0.143. The van der Waals surface area contributed by atoms with Crippen molar-refractivity contribution < 1.29 is 19.4 Å². The Hall–Kier alpha value is -2.88. The Kier molecular flexibility index (Phi) is 28.5. The van der Waals surface area contributed by atoms with Crippen molar-refractivity contribution in [2.24, 2.45) is 0 Å². The Morgan fingerprint density at radius 3 is 1.60 bits per heavy atom. The van der Waals surface area contributed by atoms with E-state index < -0.39 is 5.97 Å². The van der Waals surface area contributed by atoms with Crippen LogP contribution >= 0.6 is 0 Å². The highest BCUT2D eigenvalue weighted by Gasteiger charge is 2.11. The number of carbonyl (C=O) groups is 2. The molecule has 0 fully saturated rings. The maximum Gasteiger partial charge on any atom is 0.306 e. The molecule has 0 amide bonds. The van der Waals surface area contributed by atoms with E-state index in [9.17, 15) is 9.59 Å². The smallest absolute Gasteiger partial charge is 0.306 e. The van der Waals surface area contributed by atoms with Gasteiger partial charge in [0.25, 0.3) is 0 Å². The highest BCUT2D eigenvalue weighted by Crippen LogP contribution is 2.13. The normalized spacial score (nSPS) is 13.4. The highest BCUT2D eigenvalue weighted by atomic mass is 16.5. The minimum atomic E-state index is -0.760. The second-order valence-electron chi connectivity index (χ2n) is 9.87. The Balaban J connectivity index is 4.30. The van der Waals surface area contributed by atoms with Gasteiger partial charge in [-0.25, -0.2) is 0 Å². The number of ether oxygens (including phenoxy) is 1. The minimum Gasteiger partial charge on any atom is -0.481 e. The lowest BCUT2D eigenvalue weighted by Gasteiger charge is -2.14. The van der Waals surface area contributed by atoms with Gasteiger partial charge in [-0.2, -0.15) is 0 Å². The van der Waals surface area contributed by atoms with Crippen molar-refractivity contribution in [3.63, 3.8) is 0 Å². The van der Waals surface area contributed by atoms with Crippen LogP contribution < -0.4 is 0 Å². The summed E-state index contributed by atoms with van der Waals surface area (Å²) in [5, 5.41) is 8.83. The lowest BCUT2D eigenvalue weighted by molar-refractivity contribution is -0.147. The van der Waals surface area contributed by atoms with Crippen LogP contribution in [0.5, 0.6) is 0 Å². The van der Waals surface area contributed by atoms with Gasteiger partial charge in [0.2, 0.25) is 0 Å². The number of allylic oxidation sites excluding steroid dienone is 13. The summed E-state index contributed by atoms with van der Waals surface area (Å²) in [4.78, 5) is 23.2. The van der Waals surface area contributed by atoms with Gasteiger partial charge in [0.05, 0.1) is 0 Å². The number of hydrogen-bond acceptors (Lipinski definition) is 3. The van der Waals surface area contributed by atoms with Crippen LogP contribution in [0.25, 0.3) is 0 Å². The number of carboxylic acids is 1. The van der Waals surface area contributed by atoms with Gasteiger partial charge >= 0.3 is 11.9 Å². The Morgan fingerprint density at radius 1 is 0.575 bits per heavy atom. The summed E-state index contributed by atoms with van der Waals surface area (Å²) in [6.45, 7) is 4.28. The molecule has 0 radical (unpaired) electrons. The average molecular weight is 553 g/mol. The van der Waals surface area contributed by atoms with Crippen LogP contribution in [0.1, 0.15) is 123 Å². The molecule has 0 aliphatic carbocycles. The number of unbranched alkanes of at least 4 members (excludes halogenated alkanes) is 5. The number of hydrogen-bond donors (Lipinski definition) is 1. The second kappa shape index (κ2) is 30.7. The molecule has 4 nitrogen and oxygen atoms in total. The van der Waals surface area contributed by atoms with Gasteiger partial charge in [-0.05, 0) is 89.5 Å². The number of rotatable bonds is 26. The predicted octanol–water partition coefficient (Wildman–Crippen LogP) is 10.5. The number of carbonyl (C=O) groups excluding carboxylic acids is 1. The number of esters is 1. The molecule has 40 heavy (non-hydrogen) atoms. The summed E-state index contributed by atoms with van der Waals surface area (Å²) in [6.07, 6.45) is 44.5. The molecule has 0 aromatic rings. The van der Waals surface area contributed by atoms with Crippen molar-refractivity contribution >= 4 is 11.9 Å². The van der Waals surface area contributed by atoms with E-state index in [0.29, 0.717) is 12.8 Å². The summed E-state index contributed by atoms with van der Waals surface area (Å²) in [7, 11) is 0. The Labute approximate surface area is 245 Å². The van der Waals surface area contributed by atoms with Crippen molar-refractivity contribution in [3.05, 3.63) is 85.1 Å². The first-order valence-electron chi connectivity index (χ1n) is 15.6. The molecule has 1 unspecified atom stereocenters. The Bertz CT molecular complexity index is 811. The molecule has 0 spiro atoms. The molecule has 0 rings (SSSR count). The van der Waals surface area contributed by atoms with Gasteiger partial charge in [-0.15, -0.1) is 0 Å². The fourth-order valence-electron chi connectivity index (χ4n) is 3.87. The summed E-state index contributed by atoms with van der Waals surface area (Å²) in [5.41, 5.74) is 0. The Morgan fingerprint density at radius 2 is 1.05 bits per heavy atom. The fourth-order valence-corrected chi connectivity index (χ4v) is 3.87. The molecule has 0 saturated carbocycles. The molecule has 1 N–H and O–H groups in total. The van der Waals surface area contributed by atoms with E-state index in [0.717, 1.165) is 89.9 Å². The number of aliphatic carboxylic acids is 1. The van der Waals surface area contributed by atoms with Crippen LogP contribution in [-0.4, -0.2) is 23.1 Å². The molecule has 224 valence electrons. The van der Waals surface area contributed by atoms with Crippen molar-refractivity contribution in [2.75, 3.05) is 0 Å². The third-order valence-electron chi connectivity index (χ3n) is 6.10. The molecule has 0 aliphatic rings. The van der Waals surface area contributed by atoms with E-state index in [-0.39, 0.29) is 18.5 Å². The van der Waals surface area contributed by atoms with Gasteiger partial charge in [-0.3, -0.25) is 9.59 Å². The standard InChI is InChI=1S/C36H56O4/c1-3-5-7-9-11-13-15-16-18-20-22-24-29-33-36(39)40-34(31-27-25-28-32-35(37)38)30-26-23-21-19-17-14-12-10-8-6-4-2/h5-8,11-14,16,18-19,21,26,30,34H,3-4,9-10,15,17,20,22-25,27-29,31-33H2,1-2H3,(H,37,38)/b7-5-,8-6-,13-11-,14-12-,18-16-,21-19-,30-26-. The third-order valence-corrected chi connectivity index (χ3v) is 6.10. The summed E-state index contributed by atoms with van der Waals surface area (Å²) in [6, 6.07) is 0. The zero-order valence-electron chi connectivity index (χ0n) is 25.4. The summed E-state index contributed by atoms with van der Waals surface area (Å²) < 4.78 is 5.77. The fraction of sp³-hybridized carbons (Fsp3) is 0.556. The van der Waals surface area contributed by atoms with Crippen LogP contribution in [0.3, 0.4) is 0 Å². The molecule has 0 aromatic carbocycles. The van der Waals surface area contributed by atoms with Gasteiger partial charge in [0.15, 0.2) is 0 Å². The molecule has 0 aliphatic heterocycles. The van der Waals surface area contributed by atoms with Crippen LogP contribution in [0.2, 0.25) is 0 Å². The zero-order valence-corrected chi connectivity index (χ0v) is 25.4. The molecular weight excluding hydrogens is 496 g/mol. The topological polar surface area (TPSA) is 63.6 Å². The maximum absolute atomic E-state index is 12.4. The van der Waals surface area contributed by atoms with Crippen LogP contribution in [0.4, 0.5) is 0 Å². The highest BCUT2D eigenvalue weighted by molar-refractivity contribution is 5.69. The van der Waals surface area contributed by atoms with Gasteiger partial charge in [0.1, 0.15) is 6.10 Å². The molecule has 0 saturated heterocycles. The first kappa shape index (κ1) is 37.1. The van der Waals surface area contributed by atoms with E-state index in [1.807, 2.05) is 6.08 Å². The van der Waals surface area contributed by atoms with Crippen LogP contribution in [0.15, 0.2) is 85.1 Å². The van der Waals surface area contributed by atoms with E-state index in [1.54, 1.807) is 0 Å². The molecule has 4 heteroatoms. The lowest BCUT2D eigenvalue weighted by atomic mass is 10.1. The van der Waals surface area contributed by atoms with Crippen molar-refractivity contribution in [1.82, 2.24) is 0 Å². The summed E-state index contributed by atoms with van der Waals surface area (Å²) in [5.74, 6) is -0.902. The van der Waals surface area contributed by atoms with E-state index in [2.05, 4.69) is 92.8 Å². The van der Waals surface area contributed by atoms with Crippen LogP contribution in [0, 0.1) is 0 Å². The van der Waals surface area contributed by atoms with Crippen molar-refractivity contribution in [2.45, 2.75) is 129 Å². The lowest BCUT2D eigenvalue weighted by Crippen LogP contribution is -2.16. The molecule has 0 heterocycles. The molecule has 0 bridgehead atoms. The van der Waals surface area contributed by atoms with Gasteiger partial charge < -0.3 is 9.84 Å². The largest absolute Gasteiger partial charge is 0.481 e. The van der Waals surface area contributed by atoms with Crippen LogP contribution in [-0.2, 0) is 14.3 Å². The van der Waals surface area contributed by atoms with E-state index in [1.165, 1.54) is 0 Å². The van der Waals surface area contributed by atoms with Gasteiger partial charge in [0, 0.05) is 12.8 Å². The zero-order chi connectivity index (χ0) is 29.4. The maximum atomic E-state index is 12.4. The summed E-state index contributed by atoms with van der Waals surface area (Å²) >= 11 is 0. The average Bonchev–Trinajstić information content (AvgIpc) is 2.93. The van der Waals surface area contributed by atoms with E-state index >= 15 is 0 Å². The first-order chi connectivity index (χ1) is 19.6. The molecule has 0 aromatic heterocycles. The number of carboxylic acid groups (broad SMARTS) is 1. The quantitative estimate of drug-likeness (QED) is 0.0658. The predicted molar refractivity (Wildman–Crippen MR) is 171 cm³/mol. The second-order valence-corrected chi connectivity index (χ2v) is 9.87. The van der Waals surface area contributed by atoms with E-state index in [4.69, 9.17) is 9.84 Å². The van der Waals surface area contributed by atoms with Crippen molar-refractivity contribution in [3.8, 4) is 0 Å². The van der Waals surface area contributed by atoms with Crippen molar-refractivity contribution in [1.29, 1.82) is 0 Å². The van der Waals surface area contributed by atoms with Gasteiger partial charge in [-0.1, -0.05) is 106 Å². The molecule has 1 atom stereocenters. The SMILES string of the molecule is CC/C=C\C/C=C\C/C=C\C/C=C\C(CCCCCC(=O)O)OC(=O)CCCCC/C=C\C/C=C\C/C=C\CC. The third kappa shape index (κ3) is 29.7.